The molecule has 0 aliphatic carbocycles. The van der Waals surface area contributed by atoms with Gasteiger partial charge in [-0.2, -0.15) is 0 Å². The van der Waals surface area contributed by atoms with Crippen LogP contribution in [0.15, 0.2) is 79.0 Å². The van der Waals surface area contributed by atoms with Crippen LogP contribution in [0.2, 0.25) is 0 Å². The number of hydrogen-bond donors (Lipinski definition) is 0. The molecular formula is C26H30N2O. The summed E-state index contributed by atoms with van der Waals surface area (Å²) in [5.74, 6) is 0.345. The molecule has 1 saturated heterocycles. The van der Waals surface area contributed by atoms with Crippen molar-refractivity contribution in [1.29, 1.82) is 0 Å². The van der Waals surface area contributed by atoms with E-state index in [0.29, 0.717) is 6.42 Å². The molecule has 0 saturated carbocycles. The summed E-state index contributed by atoms with van der Waals surface area (Å²) in [4.78, 5) is 15.8. The van der Waals surface area contributed by atoms with Crippen LogP contribution < -0.4 is 0 Å². The second kappa shape index (κ2) is 9.13. The van der Waals surface area contributed by atoms with Crippen molar-refractivity contribution in [3.8, 4) is 0 Å². The van der Waals surface area contributed by atoms with Crippen LogP contribution >= 0.6 is 0 Å². The molecule has 1 aromatic heterocycles. The number of rotatable bonds is 5. The predicted octanol–water partition coefficient (Wildman–Crippen LogP) is 5.69. The largest absolute Gasteiger partial charge is 0.353 e. The fourth-order valence-electron chi connectivity index (χ4n) is 4.63. The van der Waals surface area contributed by atoms with E-state index in [1.54, 1.807) is 0 Å². The average molecular weight is 387 g/mol. The highest BCUT2D eigenvalue weighted by Crippen LogP contribution is 2.34. The molecule has 2 aromatic carbocycles. The molecule has 3 nitrogen and oxygen atoms in total. The zero-order valence-electron chi connectivity index (χ0n) is 17.2. The SMILES string of the molecule is Cn1cccc1[C@@H]1CCCCCN1C(=O)CC(c1ccccc1)c1ccccc1. The van der Waals surface area contributed by atoms with Crippen molar-refractivity contribution < 1.29 is 4.79 Å². The first-order valence-electron chi connectivity index (χ1n) is 10.7. The van der Waals surface area contributed by atoms with Crippen LogP contribution in [-0.4, -0.2) is 21.9 Å². The molecule has 1 fully saturated rings. The molecule has 4 rings (SSSR count). The van der Waals surface area contributed by atoms with Crippen molar-refractivity contribution in [3.63, 3.8) is 0 Å². The quantitative estimate of drug-likeness (QED) is 0.553. The summed E-state index contributed by atoms with van der Waals surface area (Å²) >= 11 is 0. The third-order valence-electron chi connectivity index (χ3n) is 6.18. The third-order valence-corrected chi connectivity index (χ3v) is 6.18. The molecule has 150 valence electrons. The van der Waals surface area contributed by atoms with E-state index in [4.69, 9.17) is 0 Å². The molecule has 0 radical (unpaired) electrons. The van der Waals surface area contributed by atoms with E-state index in [1.807, 2.05) is 12.1 Å². The zero-order chi connectivity index (χ0) is 20.1. The highest BCUT2D eigenvalue weighted by atomic mass is 16.2. The minimum Gasteiger partial charge on any atom is -0.353 e. The van der Waals surface area contributed by atoms with Gasteiger partial charge in [-0.05, 0) is 36.1 Å². The Kier molecular flexibility index (Phi) is 6.14. The Balaban J connectivity index is 1.63. The molecule has 1 amide bonds. The van der Waals surface area contributed by atoms with Gasteiger partial charge in [-0.3, -0.25) is 4.79 Å². The Bertz CT molecular complexity index is 877. The minimum absolute atomic E-state index is 0.0854. The molecule has 2 heterocycles. The van der Waals surface area contributed by atoms with Crippen LogP contribution in [0.5, 0.6) is 0 Å². The van der Waals surface area contributed by atoms with Crippen molar-refractivity contribution in [2.24, 2.45) is 7.05 Å². The van der Waals surface area contributed by atoms with Crippen LogP contribution in [0.3, 0.4) is 0 Å². The molecular weight excluding hydrogens is 356 g/mol. The maximum absolute atomic E-state index is 13.6. The van der Waals surface area contributed by atoms with Gasteiger partial charge in [-0.25, -0.2) is 0 Å². The summed E-state index contributed by atoms with van der Waals surface area (Å²) in [6.45, 7) is 0.852. The molecule has 3 aromatic rings. The van der Waals surface area contributed by atoms with Crippen LogP contribution in [0, 0.1) is 0 Å². The van der Waals surface area contributed by atoms with E-state index in [1.165, 1.54) is 29.7 Å². The molecule has 29 heavy (non-hydrogen) atoms. The standard InChI is InChI=1S/C26H30N2O/c1-27-18-11-17-24(27)25-16-9-4-10-19-28(25)26(29)20-23(21-12-5-2-6-13-21)22-14-7-3-8-15-22/h2-3,5-8,11-15,17-18,23,25H,4,9-10,16,19-20H2,1H3/t25-/m0/s1. The summed E-state index contributed by atoms with van der Waals surface area (Å²) in [5.41, 5.74) is 3.66. The van der Waals surface area contributed by atoms with Gasteiger partial charge in [-0.15, -0.1) is 0 Å². The summed E-state index contributed by atoms with van der Waals surface area (Å²) in [5, 5.41) is 0. The highest BCUT2D eigenvalue weighted by molar-refractivity contribution is 5.78. The van der Waals surface area contributed by atoms with E-state index in [0.717, 1.165) is 19.4 Å². The van der Waals surface area contributed by atoms with Gasteiger partial charge in [0.15, 0.2) is 0 Å². The number of aryl methyl sites for hydroxylation is 1. The lowest BCUT2D eigenvalue weighted by molar-refractivity contribution is -0.134. The number of carbonyl (C=O) groups excluding carboxylic acids is 1. The number of aromatic nitrogens is 1. The fourth-order valence-corrected chi connectivity index (χ4v) is 4.63. The van der Waals surface area contributed by atoms with E-state index < -0.39 is 0 Å². The first kappa shape index (κ1) is 19.5. The van der Waals surface area contributed by atoms with Crippen LogP contribution in [0.25, 0.3) is 0 Å². The number of hydrogen-bond acceptors (Lipinski definition) is 1. The Labute approximate surface area is 174 Å². The van der Waals surface area contributed by atoms with Crippen molar-refractivity contribution in [3.05, 3.63) is 95.8 Å². The predicted molar refractivity (Wildman–Crippen MR) is 118 cm³/mol. The van der Waals surface area contributed by atoms with Crippen LogP contribution in [0.4, 0.5) is 0 Å². The van der Waals surface area contributed by atoms with E-state index in [2.05, 4.69) is 83.4 Å². The number of carbonyl (C=O) groups is 1. The monoisotopic (exact) mass is 386 g/mol. The summed E-state index contributed by atoms with van der Waals surface area (Å²) in [6.07, 6.45) is 7.11. The highest BCUT2D eigenvalue weighted by Gasteiger charge is 2.30. The van der Waals surface area contributed by atoms with E-state index >= 15 is 0 Å². The van der Waals surface area contributed by atoms with E-state index in [-0.39, 0.29) is 17.9 Å². The molecule has 1 aliphatic rings. The number of benzene rings is 2. The summed E-state index contributed by atoms with van der Waals surface area (Å²) in [7, 11) is 2.08. The van der Waals surface area contributed by atoms with Gasteiger partial charge in [-0.1, -0.05) is 73.5 Å². The fraction of sp³-hybridized carbons (Fsp3) is 0.346. The second-order valence-electron chi connectivity index (χ2n) is 8.07. The lowest BCUT2D eigenvalue weighted by atomic mass is 9.88. The number of likely N-dealkylation sites (tertiary alicyclic amines) is 1. The number of amides is 1. The molecule has 0 bridgehead atoms. The van der Waals surface area contributed by atoms with Crippen molar-refractivity contribution in [2.45, 2.75) is 44.1 Å². The Morgan fingerprint density at radius 3 is 2.14 bits per heavy atom. The first-order chi connectivity index (χ1) is 14.2. The zero-order valence-corrected chi connectivity index (χ0v) is 17.2. The van der Waals surface area contributed by atoms with Gasteiger partial charge in [0.2, 0.25) is 5.91 Å². The second-order valence-corrected chi connectivity index (χ2v) is 8.07. The van der Waals surface area contributed by atoms with Gasteiger partial charge in [0.1, 0.15) is 0 Å². The maximum Gasteiger partial charge on any atom is 0.224 e. The lowest BCUT2D eigenvalue weighted by Crippen LogP contribution is -2.36. The van der Waals surface area contributed by atoms with Crippen LogP contribution in [-0.2, 0) is 11.8 Å². The number of nitrogens with zero attached hydrogens (tertiary/aromatic N) is 2. The van der Waals surface area contributed by atoms with Crippen LogP contribution in [0.1, 0.15) is 60.9 Å². The minimum atomic E-state index is 0.0854. The molecule has 1 aliphatic heterocycles. The Morgan fingerprint density at radius 2 is 1.55 bits per heavy atom. The van der Waals surface area contributed by atoms with Crippen molar-refractivity contribution >= 4 is 5.91 Å². The normalized spacial score (nSPS) is 17.3. The Hall–Kier alpha value is -2.81. The average Bonchev–Trinajstić information content (AvgIpc) is 3.04. The molecule has 3 heteroatoms. The van der Waals surface area contributed by atoms with Gasteiger partial charge < -0.3 is 9.47 Å². The summed E-state index contributed by atoms with van der Waals surface area (Å²) in [6, 6.07) is 25.3. The van der Waals surface area contributed by atoms with Crippen molar-refractivity contribution in [2.75, 3.05) is 6.54 Å². The molecule has 0 spiro atoms. The van der Waals surface area contributed by atoms with Gasteiger partial charge in [0.05, 0.1) is 6.04 Å². The van der Waals surface area contributed by atoms with Crippen molar-refractivity contribution in [1.82, 2.24) is 9.47 Å². The Morgan fingerprint density at radius 1 is 0.897 bits per heavy atom. The van der Waals surface area contributed by atoms with Gasteiger partial charge in [0, 0.05) is 37.8 Å². The smallest absolute Gasteiger partial charge is 0.224 e. The van der Waals surface area contributed by atoms with Gasteiger partial charge in [0.25, 0.3) is 0 Å². The van der Waals surface area contributed by atoms with E-state index in [9.17, 15) is 4.79 Å². The lowest BCUT2D eigenvalue weighted by Gasteiger charge is -2.32. The van der Waals surface area contributed by atoms with Gasteiger partial charge >= 0.3 is 0 Å². The maximum atomic E-state index is 13.6. The topological polar surface area (TPSA) is 25.2 Å². The molecule has 0 N–H and O–H groups in total. The molecule has 1 atom stereocenters. The molecule has 0 unspecified atom stereocenters. The third kappa shape index (κ3) is 4.45. The summed E-state index contributed by atoms with van der Waals surface area (Å²) < 4.78 is 2.17. The first-order valence-corrected chi connectivity index (χ1v) is 10.7.